The molecule has 3 nitrogen and oxygen atoms in total. The number of ether oxygens (including phenoxy) is 1. The molecule has 0 saturated carbocycles. The monoisotopic (exact) mass is 246 g/mol. The zero-order valence-corrected chi connectivity index (χ0v) is 10.5. The first-order valence-corrected chi connectivity index (χ1v) is 6.16. The van der Waals surface area contributed by atoms with Gasteiger partial charge < -0.3 is 10.1 Å². The van der Waals surface area contributed by atoms with Crippen LogP contribution in [0.4, 0.5) is 5.13 Å². The second kappa shape index (κ2) is 5.50. The van der Waals surface area contributed by atoms with E-state index in [1.165, 1.54) is 0 Å². The van der Waals surface area contributed by atoms with Crippen LogP contribution in [0.15, 0.2) is 42.3 Å². The molecular weight excluding hydrogens is 232 g/mol. The lowest BCUT2D eigenvalue weighted by atomic mass is 10.2. The smallest absolute Gasteiger partial charge is 0.183 e. The molecule has 1 aromatic heterocycles. The highest BCUT2D eigenvalue weighted by Gasteiger charge is 2.03. The molecule has 88 valence electrons. The fourth-order valence-electron chi connectivity index (χ4n) is 1.41. The Balaban J connectivity index is 2.15. The van der Waals surface area contributed by atoms with Crippen molar-refractivity contribution in [3.05, 3.63) is 42.3 Å². The predicted octanol–water partition coefficient (Wildman–Crippen LogP) is 3.42. The number of nitrogens with zero attached hydrogens (tertiary/aromatic N) is 1. The standard InChI is InChI=1S/C13H14N2OS/c1-3-8-14-13-15-12(9-17-13)10-4-6-11(16-2)7-5-10/h3-7,9H,1,8H2,2H3,(H,14,15). The molecule has 1 N–H and O–H groups in total. The van der Waals surface area contributed by atoms with Crippen LogP contribution < -0.4 is 10.1 Å². The Bertz CT molecular complexity index is 490. The van der Waals surface area contributed by atoms with Crippen LogP contribution >= 0.6 is 11.3 Å². The molecule has 0 unspecified atom stereocenters. The first kappa shape index (κ1) is 11.7. The summed E-state index contributed by atoms with van der Waals surface area (Å²) >= 11 is 1.59. The highest BCUT2D eigenvalue weighted by atomic mass is 32.1. The molecule has 0 saturated heterocycles. The number of aromatic nitrogens is 1. The molecule has 0 bridgehead atoms. The number of nitrogens with one attached hydrogen (secondary N) is 1. The minimum absolute atomic E-state index is 0.732. The van der Waals surface area contributed by atoms with Crippen molar-refractivity contribution in [2.24, 2.45) is 0 Å². The van der Waals surface area contributed by atoms with Crippen LogP contribution in [0.2, 0.25) is 0 Å². The van der Waals surface area contributed by atoms with E-state index in [0.29, 0.717) is 0 Å². The van der Waals surface area contributed by atoms with Crippen LogP contribution in [0.5, 0.6) is 5.75 Å². The first-order valence-electron chi connectivity index (χ1n) is 5.28. The molecule has 1 aromatic carbocycles. The Morgan fingerprint density at radius 3 is 2.82 bits per heavy atom. The van der Waals surface area contributed by atoms with Crippen molar-refractivity contribution < 1.29 is 4.74 Å². The van der Waals surface area contributed by atoms with Gasteiger partial charge in [0.25, 0.3) is 0 Å². The summed E-state index contributed by atoms with van der Waals surface area (Å²) in [4.78, 5) is 4.49. The Morgan fingerprint density at radius 1 is 1.41 bits per heavy atom. The molecule has 2 rings (SSSR count). The Hall–Kier alpha value is -1.81. The molecule has 0 aliphatic rings. The SMILES string of the molecule is C=CCNc1nc(-c2ccc(OC)cc2)cs1. The summed E-state index contributed by atoms with van der Waals surface area (Å²) in [6.07, 6.45) is 1.81. The highest BCUT2D eigenvalue weighted by Crippen LogP contribution is 2.26. The predicted molar refractivity (Wildman–Crippen MR) is 72.8 cm³/mol. The second-order valence-corrected chi connectivity index (χ2v) is 4.29. The third-order valence-corrected chi connectivity index (χ3v) is 3.09. The average Bonchev–Trinajstić information content (AvgIpc) is 2.85. The molecular formula is C13H14N2OS. The lowest BCUT2D eigenvalue weighted by molar-refractivity contribution is 0.415. The molecule has 0 spiro atoms. The van der Waals surface area contributed by atoms with E-state index in [2.05, 4.69) is 16.9 Å². The van der Waals surface area contributed by atoms with Crippen LogP contribution in [0.25, 0.3) is 11.3 Å². The summed E-state index contributed by atoms with van der Waals surface area (Å²) < 4.78 is 5.12. The van der Waals surface area contributed by atoms with Gasteiger partial charge in [-0.2, -0.15) is 0 Å². The lowest BCUT2D eigenvalue weighted by Crippen LogP contribution is -1.96. The van der Waals surface area contributed by atoms with Gasteiger partial charge in [-0.25, -0.2) is 4.98 Å². The molecule has 0 fully saturated rings. The fourth-order valence-corrected chi connectivity index (χ4v) is 2.14. The summed E-state index contributed by atoms with van der Waals surface area (Å²) in [7, 11) is 1.66. The largest absolute Gasteiger partial charge is 0.497 e. The van der Waals surface area contributed by atoms with Crippen molar-refractivity contribution in [1.29, 1.82) is 0 Å². The summed E-state index contributed by atoms with van der Waals surface area (Å²) in [6, 6.07) is 7.88. The summed E-state index contributed by atoms with van der Waals surface area (Å²) in [6.45, 7) is 4.39. The highest BCUT2D eigenvalue weighted by molar-refractivity contribution is 7.14. The maximum absolute atomic E-state index is 5.12. The third-order valence-electron chi connectivity index (χ3n) is 2.29. The van der Waals surface area contributed by atoms with Gasteiger partial charge in [0.15, 0.2) is 5.13 Å². The van der Waals surface area contributed by atoms with Crippen molar-refractivity contribution in [2.45, 2.75) is 0 Å². The van der Waals surface area contributed by atoms with Crippen LogP contribution in [-0.4, -0.2) is 18.6 Å². The molecule has 2 aromatic rings. The normalized spacial score (nSPS) is 9.94. The minimum atomic E-state index is 0.732. The van der Waals surface area contributed by atoms with Crippen molar-refractivity contribution in [1.82, 2.24) is 4.98 Å². The number of rotatable bonds is 5. The molecule has 0 radical (unpaired) electrons. The van der Waals surface area contributed by atoms with Gasteiger partial charge in [0, 0.05) is 17.5 Å². The second-order valence-electron chi connectivity index (χ2n) is 3.44. The van der Waals surface area contributed by atoms with Crippen molar-refractivity contribution in [3.63, 3.8) is 0 Å². The number of hydrogen-bond donors (Lipinski definition) is 1. The molecule has 17 heavy (non-hydrogen) atoms. The third kappa shape index (κ3) is 2.85. The molecule has 0 atom stereocenters. The lowest BCUT2D eigenvalue weighted by Gasteiger charge is -2.00. The van der Waals surface area contributed by atoms with Gasteiger partial charge in [-0.05, 0) is 24.3 Å². The van der Waals surface area contributed by atoms with E-state index in [4.69, 9.17) is 4.74 Å². The summed E-state index contributed by atoms with van der Waals surface area (Å²) in [5.74, 6) is 0.856. The van der Waals surface area contributed by atoms with E-state index < -0.39 is 0 Å². The molecule has 0 aliphatic heterocycles. The zero-order chi connectivity index (χ0) is 12.1. The number of methoxy groups -OCH3 is 1. The summed E-state index contributed by atoms with van der Waals surface area (Å²) in [5.41, 5.74) is 2.07. The van der Waals surface area contributed by atoms with Crippen LogP contribution in [0.3, 0.4) is 0 Å². The van der Waals surface area contributed by atoms with Crippen LogP contribution in [-0.2, 0) is 0 Å². The number of benzene rings is 1. The fraction of sp³-hybridized carbons (Fsp3) is 0.154. The van der Waals surface area contributed by atoms with Gasteiger partial charge in [0.1, 0.15) is 5.75 Å². The van der Waals surface area contributed by atoms with Gasteiger partial charge in [0.05, 0.1) is 12.8 Å². The van der Waals surface area contributed by atoms with E-state index in [1.807, 2.05) is 35.7 Å². The molecule has 0 aliphatic carbocycles. The Kier molecular flexibility index (Phi) is 3.77. The summed E-state index contributed by atoms with van der Waals surface area (Å²) in [5, 5.41) is 6.12. The quantitative estimate of drug-likeness (QED) is 0.821. The van der Waals surface area contributed by atoms with E-state index in [1.54, 1.807) is 18.4 Å². The molecule has 1 heterocycles. The first-order chi connectivity index (χ1) is 8.33. The average molecular weight is 246 g/mol. The topological polar surface area (TPSA) is 34.2 Å². The van der Waals surface area contributed by atoms with Crippen molar-refractivity contribution >= 4 is 16.5 Å². The number of thiazole rings is 1. The van der Waals surface area contributed by atoms with Gasteiger partial charge in [-0.3, -0.25) is 0 Å². The number of anilines is 1. The minimum Gasteiger partial charge on any atom is -0.497 e. The van der Waals surface area contributed by atoms with E-state index in [9.17, 15) is 0 Å². The maximum Gasteiger partial charge on any atom is 0.183 e. The van der Waals surface area contributed by atoms with Crippen molar-refractivity contribution in [3.8, 4) is 17.0 Å². The van der Waals surface area contributed by atoms with Gasteiger partial charge >= 0.3 is 0 Å². The maximum atomic E-state index is 5.12. The molecule has 4 heteroatoms. The van der Waals surface area contributed by atoms with E-state index in [0.717, 1.165) is 28.7 Å². The van der Waals surface area contributed by atoms with Crippen LogP contribution in [0.1, 0.15) is 0 Å². The zero-order valence-electron chi connectivity index (χ0n) is 9.64. The Labute approximate surface area is 105 Å². The van der Waals surface area contributed by atoms with E-state index in [-0.39, 0.29) is 0 Å². The number of hydrogen-bond acceptors (Lipinski definition) is 4. The Morgan fingerprint density at radius 2 is 2.18 bits per heavy atom. The van der Waals surface area contributed by atoms with Gasteiger partial charge in [-0.15, -0.1) is 17.9 Å². The van der Waals surface area contributed by atoms with Gasteiger partial charge in [-0.1, -0.05) is 6.08 Å². The molecule has 0 amide bonds. The van der Waals surface area contributed by atoms with Gasteiger partial charge in [0.2, 0.25) is 0 Å². The van der Waals surface area contributed by atoms with E-state index >= 15 is 0 Å². The van der Waals surface area contributed by atoms with Crippen LogP contribution in [0, 0.1) is 0 Å². The van der Waals surface area contributed by atoms with Crippen molar-refractivity contribution in [2.75, 3.05) is 19.0 Å².